The van der Waals surface area contributed by atoms with Gasteiger partial charge in [-0.3, -0.25) is 4.79 Å². The van der Waals surface area contributed by atoms with Gasteiger partial charge in [0.25, 0.3) is 0 Å². The molecule has 0 spiro atoms. The second kappa shape index (κ2) is 8.15. The quantitative estimate of drug-likeness (QED) is 0.488. The third-order valence-electron chi connectivity index (χ3n) is 5.99. The first-order valence-electron chi connectivity index (χ1n) is 10.3. The van der Waals surface area contributed by atoms with E-state index >= 15 is 0 Å². The number of hydrazone groups is 1. The van der Waals surface area contributed by atoms with Crippen LogP contribution in [0.15, 0.2) is 90.0 Å². The molecule has 4 rings (SSSR count). The van der Waals surface area contributed by atoms with Crippen molar-refractivity contribution in [3.63, 3.8) is 0 Å². The number of benzene rings is 3. The first-order valence-corrected chi connectivity index (χ1v) is 10.3. The predicted molar refractivity (Wildman–Crippen MR) is 123 cm³/mol. The Morgan fingerprint density at radius 2 is 1.43 bits per heavy atom. The van der Waals surface area contributed by atoms with Crippen LogP contribution < -0.4 is 10.3 Å². The zero-order chi connectivity index (χ0) is 21.1. The first-order chi connectivity index (χ1) is 14.5. The van der Waals surface area contributed by atoms with Crippen molar-refractivity contribution in [3.05, 3.63) is 102 Å². The highest BCUT2D eigenvalue weighted by Crippen LogP contribution is 2.58. The van der Waals surface area contributed by atoms with Crippen LogP contribution in [-0.2, 0) is 10.2 Å². The smallest absolute Gasteiger partial charge is 0.244 e. The molecule has 1 atom stereocenters. The van der Waals surface area contributed by atoms with Gasteiger partial charge in [0.15, 0.2) is 0 Å². The summed E-state index contributed by atoms with van der Waals surface area (Å²) in [6.07, 6.45) is 0.791. The lowest BCUT2D eigenvalue weighted by Gasteiger charge is -2.18. The molecule has 4 heteroatoms. The van der Waals surface area contributed by atoms with Gasteiger partial charge >= 0.3 is 0 Å². The van der Waals surface area contributed by atoms with E-state index in [9.17, 15) is 4.79 Å². The van der Waals surface area contributed by atoms with Crippen LogP contribution in [-0.4, -0.2) is 25.7 Å². The molecule has 3 aromatic rings. The summed E-state index contributed by atoms with van der Waals surface area (Å²) in [6.45, 7) is 1.92. The average Bonchev–Trinajstić information content (AvgIpc) is 3.56. The van der Waals surface area contributed by atoms with E-state index in [1.165, 1.54) is 11.1 Å². The van der Waals surface area contributed by atoms with E-state index in [0.29, 0.717) is 0 Å². The van der Waals surface area contributed by atoms with Crippen LogP contribution in [0.1, 0.15) is 30.0 Å². The van der Waals surface area contributed by atoms with Crippen molar-refractivity contribution >= 4 is 17.3 Å². The van der Waals surface area contributed by atoms with Crippen molar-refractivity contribution in [2.24, 2.45) is 11.0 Å². The number of anilines is 1. The highest BCUT2D eigenvalue weighted by atomic mass is 16.2. The van der Waals surface area contributed by atoms with Gasteiger partial charge < -0.3 is 4.90 Å². The van der Waals surface area contributed by atoms with Gasteiger partial charge in [-0.15, -0.1) is 0 Å². The van der Waals surface area contributed by atoms with E-state index in [4.69, 9.17) is 0 Å². The number of amides is 1. The number of carbonyl (C=O) groups excluding carboxylic acids is 1. The van der Waals surface area contributed by atoms with Crippen molar-refractivity contribution in [3.8, 4) is 0 Å². The molecule has 1 amide bonds. The maximum atomic E-state index is 13.0. The maximum Gasteiger partial charge on any atom is 0.244 e. The molecule has 3 aromatic carbocycles. The molecule has 0 bridgehead atoms. The SMILES string of the molecule is C/C(=N\NC(=O)C1CC1(c1ccccc1)c1ccccc1)c1ccc(N(C)C)cc1. The standard InChI is InChI=1S/C26H27N3O/c1-19(20-14-16-23(17-15-20)29(2)3)27-28-25(30)24-18-26(24,21-10-6-4-7-11-21)22-12-8-5-9-13-22/h4-17,24H,18H2,1-3H3,(H,28,30)/b27-19+. The van der Waals surface area contributed by atoms with Crippen LogP contribution >= 0.6 is 0 Å². The molecular formula is C26H27N3O. The van der Waals surface area contributed by atoms with Gasteiger partial charge in [0.2, 0.25) is 5.91 Å². The lowest BCUT2D eigenvalue weighted by Crippen LogP contribution is -2.26. The largest absolute Gasteiger partial charge is 0.378 e. The number of hydrogen-bond donors (Lipinski definition) is 1. The fourth-order valence-corrected chi connectivity index (χ4v) is 4.14. The van der Waals surface area contributed by atoms with Crippen LogP contribution in [0.2, 0.25) is 0 Å². The molecule has 4 nitrogen and oxygen atoms in total. The molecule has 0 radical (unpaired) electrons. The van der Waals surface area contributed by atoms with E-state index in [1.807, 2.05) is 81.7 Å². The van der Waals surface area contributed by atoms with Gasteiger partial charge in [-0.05, 0) is 42.2 Å². The summed E-state index contributed by atoms with van der Waals surface area (Å²) in [5.41, 5.74) is 7.81. The molecular weight excluding hydrogens is 370 g/mol. The van der Waals surface area contributed by atoms with Crippen LogP contribution in [0.4, 0.5) is 5.69 Å². The third-order valence-corrected chi connectivity index (χ3v) is 5.99. The van der Waals surface area contributed by atoms with E-state index in [2.05, 4.69) is 39.7 Å². The summed E-state index contributed by atoms with van der Waals surface area (Å²) < 4.78 is 0. The number of carbonyl (C=O) groups is 1. The minimum absolute atomic E-state index is 0.0352. The van der Waals surface area contributed by atoms with Gasteiger partial charge in [-0.1, -0.05) is 72.8 Å². The lowest BCUT2D eigenvalue weighted by molar-refractivity contribution is -0.122. The first kappa shape index (κ1) is 19.9. The number of nitrogens with zero attached hydrogens (tertiary/aromatic N) is 2. The number of rotatable bonds is 6. The average molecular weight is 398 g/mol. The van der Waals surface area contributed by atoms with Gasteiger partial charge in [-0.2, -0.15) is 5.10 Å². The Kier molecular flexibility index (Phi) is 5.40. The summed E-state index contributed by atoms with van der Waals surface area (Å²) in [4.78, 5) is 15.1. The Labute approximate surface area is 178 Å². The highest BCUT2D eigenvalue weighted by Gasteiger charge is 2.60. The zero-order valence-electron chi connectivity index (χ0n) is 17.7. The Balaban J connectivity index is 1.53. The number of nitrogens with one attached hydrogen (secondary N) is 1. The third kappa shape index (κ3) is 3.73. The molecule has 1 aliphatic rings. The van der Waals surface area contributed by atoms with Crippen molar-refractivity contribution in [1.82, 2.24) is 5.43 Å². The second-order valence-corrected chi connectivity index (χ2v) is 8.07. The Bertz CT molecular complexity index is 1000. The lowest BCUT2D eigenvalue weighted by atomic mass is 9.85. The molecule has 1 fully saturated rings. The molecule has 0 aliphatic heterocycles. The Morgan fingerprint density at radius 1 is 0.900 bits per heavy atom. The van der Waals surface area contributed by atoms with Crippen LogP contribution in [0.5, 0.6) is 0 Å². The minimum Gasteiger partial charge on any atom is -0.378 e. The molecule has 1 saturated carbocycles. The van der Waals surface area contributed by atoms with Crippen LogP contribution in [0, 0.1) is 5.92 Å². The van der Waals surface area contributed by atoms with Crippen molar-refractivity contribution in [2.45, 2.75) is 18.8 Å². The molecule has 30 heavy (non-hydrogen) atoms. The Morgan fingerprint density at radius 3 is 1.93 bits per heavy atom. The molecule has 1 unspecified atom stereocenters. The zero-order valence-corrected chi connectivity index (χ0v) is 17.7. The van der Waals surface area contributed by atoms with E-state index < -0.39 is 0 Å². The van der Waals surface area contributed by atoms with E-state index in [1.54, 1.807) is 0 Å². The summed E-state index contributed by atoms with van der Waals surface area (Å²) >= 11 is 0. The van der Waals surface area contributed by atoms with E-state index in [-0.39, 0.29) is 17.2 Å². The van der Waals surface area contributed by atoms with Gasteiger partial charge in [0.05, 0.1) is 11.6 Å². The molecule has 152 valence electrons. The molecule has 0 heterocycles. The molecule has 1 N–H and O–H groups in total. The van der Waals surface area contributed by atoms with Gasteiger partial charge in [0.1, 0.15) is 0 Å². The van der Waals surface area contributed by atoms with Crippen molar-refractivity contribution in [2.75, 3.05) is 19.0 Å². The van der Waals surface area contributed by atoms with Gasteiger partial charge in [-0.25, -0.2) is 5.43 Å². The molecule has 0 saturated heterocycles. The fourth-order valence-electron chi connectivity index (χ4n) is 4.14. The summed E-state index contributed by atoms with van der Waals surface area (Å²) in [5.74, 6) is -0.165. The number of hydrogen-bond acceptors (Lipinski definition) is 3. The second-order valence-electron chi connectivity index (χ2n) is 8.07. The van der Waals surface area contributed by atoms with Gasteiger partial charge in [0, 0.05) is 25.2 Å². The van der Waals surface area contributed by atoms with E-state index in [0.717, 1.165) is 23.4 Å². The minimum atomic E-state index is -0.274. The molecule has 0 aromatic heterocycles. The Hall–Kier alpha value is -3.40. The molecule has 1 aliphatic carbocycles. The summed E-state index contributed by atoms with van der Waals surface area (Å²) in [7, 11) is 4.02. The highest BCUT2D eigenvalue weighted by molar-refractivity contribution is 5.99. The van der Waals surface area contributed by atoms with Crippen molar-refractivity contribution in [1.29, 1.82) is 0 Å². The topological polar surface area (TPSA) is 44.7 Å². The summed E-state index contributed by atoms with van der Waals surface area (Å²) in [6, 6.07) is 28.7. The monoisotopic (exact) mass is 397 g/mol. The summed E-state index contributed by atoms with van der Waals surface area (Å²) in [5, 5.41) is 4.39. The van der Waals surface area contributed by atoms with Crippen LogP contribution in [0.25, 0.3) is 0 Å². The predicted octanol–water partition coefficient (Wildman–Crippen LogP) is 4.60. The van der Waals surface area contributed by atoms with Crippen LogP contribution in [0.3, 0.4) is 0 Å². The maximum absolute atomic E-state index is 13.0. The fraction of sp³-hybridized carbons (Fsp3) is 0.231. The van der Waals surface area contributed by atoms with Crippen molar-refractivity contribution < 1.29 is 4.79 Å². The normalized spacial score (nSPS) is 17.3.